The summed E-state index contributed by atoms with van der Waals surface area (Å²) in [5.41, 5.74) is 6.23. The van der Waals surface area contributed by atoms with E-state index in [1.807, 2.05) is 12.1 Å². The maximum Gasteiger partial charge on any atom is 0.288 e. The lowest BCUT2D eigenvalue weighted by Gasteiger charge is -2.02. The summed E-state index contributed by atoms with van der Waals surface area (Å²) in [7, 11) is 0. The van der Waals surface area contributed by atoms with Crippen LogP contribution in [0, 0.1) is 0 Å². The highest BCUT2D eigenvalue weighted by Crippen LogP contribution is 2.09. The van der Waals surface area contributed by atoms with E-state index in [1.54, 1.807) is 12.1 Å². The summed E-state index contributed by atoms with van der Waals surface area (Å²) in [6.07, 6.45) is 0. The molecule has 0 spiro atoms. The number of H-pyrrole nitrogens is 1. The minimum absolute atomic E-state index is 0.0432. The first-order valence-corrected chi connectivity index (χ1v) is 5.23. The number of halogens is 1. The fraction of sp³-hybridized carbons (Fsp3) is 0.100. The average Bonchev–Trinajstić information content (AvgIpc) is 2.75. The summed E-state index contributed by atoms with van der Waals surface area (Å²) in [5.74, 6) is -0.220. The third-order valence-electron chi connectivity index (χ3n) is 2.08. The van der Waals surface area contributed by atoms with Crippen LogP contribution >= 0.6 is 11.6 Å². The highest BCUT2D eigenvalue weighted by Gasteiger charge is 2.09. The molecule has 1 heterocycles. The van der Waals surface area contributed by atoms with Gasteiger partial charge in [-0.15, -0.1) is 5.10 Å². The van der Waals surface area contributed by atoms with Crippen LogP contribution in [-0.4, -0.2) is 21.1 Å². The number of anilines is 1. The van der Waals surface area contributed by atoms with Crippen LogP contribution in [0.4, 0.5) is 5.95 Å². The highest BCUT2D eigenvalue weighted by atomic mass is 35.5. The van der Waals surface area contributed by atoms with Crippen molar-refractivity contribution in [1.82, 2.24) is 20.5 Å². The first-order chi connectivity index (χ1) is 8.15. The van der Waals surface area contributed by atoms with E-state index >= 15 is 0 Å². The number of amides is 1. The van der Waals surface area contributed by atoms with Crippen molar-refractivity contribution in [2.75, 3.05) is 5.73 Å². The number of benzene rings is 1. The summed E-state index contributed by atoms with van der Waals surface area (Å²) in [5, 5.41) is 9.33. The minimum Gasteiger partial charge on any atom is -0.366 e. The van der Waals surface area contributed by atoms with Crippen LogP contribution in [0.5, 0.6) is 0 Å². The van der Waals surface area contributed by atoms with E-state index in [-0.39, 0.29) is 17.7 Å². The zero-order valence-corrected chi connectivity index (χ0v) is 9.53. The Labute approximate surface area is 102 Å². The largest absolute Gasteiger partial charge is 0.366 e. The molecule has 2 aromatic rings. The van der Waals surface area contributed by atoms with Crippen LogP contribution in [0.3, 0.4) is 0 Å². The quantitative estimate of drug-likeness (QED) is 0.757. The Hall–Kier alpha value is -2.08. The summed E-state index contributed by atoms with van der Waals surface area (Å²) in [4.78, 5) is 15.3. The molecule has 4 N–H and O–H groups in total. The topological polar surface area (TPSA) is 96.7 Å². The third-order valence-corrected chi connectivity index (χ3v) is 2.34. The van der Waals surface area contributed by atoms with Crippen LogP contribution in [0.2, 0.25) is 5.02 Å². The van der Waals surface area contributed by atoms with E-state index in [9.17, 15) is 4.79 Å². The van der Waals surface area contributed by atoms with Gasteiger partial charge in [0.1, 0.15) is 0 Å². The number of nitrogens with one attached hydrogen (secondary N) is 2. The molecule has 1 amide bonds. The van der Waals surface area contributed by atoms with Crippen molar-refractivity contribution in [2.24, 2.45) is 0 Å². The van der Waals surface area contributed by atoms with E-state index in [0.717, 1.165) is 5.56 Å². The molecule has 0 fully saturated rings. The number of nitrogen functional groups attached to an aromatic ring is 1. The molecule has 0 saturated heterocycles. The van der Waals surface area contributed by atoms with Gasteiger partial charge < -0.3 is 11.1 Å². The maximum atomic E-state index is 11.6. The van der Waals surface area contributed by atoms with Gasteiger partial charge in [-0.25, -0.2) is 0 Å². The van der Waals surface area contributed by atoms with Crippen molar-refractivity contribution < 1.29 is 4.79 Å². The zero-order chi connectivity index (χ0) is 12.3. The second-order valence-corrected chi connectivity index (χ2v) is 3.79. The van der Waals surface area contributed by atoms with Gasteiger partial charge in [0.05, 0.1) is 0 Å². The number of hydrogen-bond acceptors (Lipinski definition) is 4. The number of nitrogens with zero attached hydrogens (tertiary/aromatic N) is 2. The molecule has 7 heteroatoms. The molecular weight excluding hydrogens is 242 g/mol. The lowest BCUT2D eigenvalue weighted by Crippen LogP contribution is -2.24. The molecule has 0 aliphatic heterocycles. The molecule has 2 rings (SSSR count). The molecule has 0 bridgehead atoms. The van der Waals surface area contributed by atoms with Gasteiger partial charge in [0.2, 0.25) is 11.8 Å². The van der Waals surface area contributed by atoms with Crippen molar-refractivity contribution in [3.63, 3.8) is 0 Å². The first-order valence-electron chi connectivity index (χ1n) is 4.85. The van der Waals surface area contributed by atoms with Gasteiger partial charge in [-0.05, 0) is 17.7 Å². The van der Waals surface area contributed by atoms with Crippen molar-refractivity contribution >= 4 is 23.5 Å². The van der Waals surface area contributed by atoms with Crippen molar-refractivity contribution in [3.05, 3.63) is 40.7 Å². The van der Waals surface area contributed by atoms with Gasteiger partial charge in [-0.1, -0.05) is 23.7 Å². The zero-order valence-electron chi connectivity index (χ0n) is 8.77. The number of carbonyl (C=O) groups excluding carboxylic acids is 1. The summed E-state index contributed by atoms with van der Waals surface area (Å²) >= 11 is 5.75. The van der Waals surface area contributed by atoms with Crippen LogP contribution in [0.25, 0.3) is 0 Å². The molecule has 0 aliphatic rings. The van der Waals surface area contributed by atoms with Gasteiger partial charge in [0.15, 0.2) is 0 Å². The Morgan fingerprint density at radius 2 is 2.12 bits per heavy atom. The van der Waals surface area contributed by atoms with Gasteiger partial charge in [0.25, 0.3) is 5.91 Å². The van der Waals surface area contributed by atoms with E-state index in [4.69, 9.17) is 17.3 Å². The van der Waals surface area contributed by atoms with Crippen LogP contribution in [-0.2, 0) is 6.54 Å². The Morgan fingerprint density at radius 1 is 1.41 bits per heavy atom. The number of aromatic nitrogens is 3. The molecule has 0 radical (unpaired) electrons. The van der Waals surface area contributed by atoms with Gasteiger partial charge in [-0.2, -0.15) is 4.98 Å². The number of aromatic amines is 1. The van der Waals surface area contributed by atoms with Crippen molar-refractivity contribution in [1.29, 1.82) is 0 Å². The third kappa shape index (κ3) is 2.94. The van der Waals surface area contributed by atoms with Crippen molar-refractivity contribution in [2.45, 2.75) is 6.54 Å². The molecule has 88 valence electrons. The highest BCUT2D eigenvalue weighted by molar-refractivity contribution is 6.30. The number of hydrogen-bond donors (Lipinski definition) is 3. The minimum atomic E-state index is -0.357. The monoisotopic (exact) mass is 251 g/mol. The normalized spacial score (nSPS) is 10.2. The number of rotatable bonds is 3. The molecule has 1 aromatic heterocycles. The SMILES string of the molecule is Nc1n[nH]c(C(=O)NCc2ccc(Cl)cc2)n1. The molecule has 0 aliphatic carbocycles. The second kappa shape index (κ2) is 4.84. The van der Waals surface area contributed by atoms with E-state index < -0.39 is 0 Å². The van der Waals surface area contributed by atoms with Crippen molar-refractivity contribution in [3.8, 4) is 0 Å². The fourth-order valence-corrected chi connectivity index (χ4v) is 1.37. The van der Waals surface area contributed by atoms with E-state index in [1.165, 1.54) is 0 Å². The molecule has 0 saturated carbocycles. The molecule has 0 atom stereocenters. The smallest absolute Gasteiger partial charge is 0.288 e. The van der Waals surface area contributed by atoms with Crippen LogP contribution < -0.4 is 11.1 Å². The predicted octanol–water partition coefficient (Wildman–Crippen LogP) is 0.970. The van der Waals surface area contributed by atoms with E-state index in [2.05, 4.69) is 20.5 Å². The Kier molecular flexibility index (Phi) is 3.24. The Balaban J connectivity index is 1.94. The van der Waals surface area contributed by atoms with Crippen LogP contribution in [0.15, 0.2) is 24.3 Å². The van der Waals surface area contributed by atoms with E-state index in [0.29, 0.717) is 11.6 Å². The average molecular weight is 252 g/mol. The van der Waals surface area contributed by atoms with Gasteiger partial charge in [-0.3, -0.25) is 9.89 Å². The lowest BCUT2D eigenvalue weighted by molar-refractivity contribution is 0.0941. The Morgan fingerprint density at radius 3 is 2.71 bits per heavy atom. The molecule has 0 unspecified atom stereocenters. The Bertz CT molecular complexity index is 522. The van der Waals surface area contributed by atoms with Gasteiger partial charge >= 0.3 is 0 Å². The fourth-order valence-electron chi connectivity index (χ4n) is 1.24. The molecule has 1 aromatic carbocycles. The standard InChI is InChI=1S/C10H10ClN5O/c11-7-3-1-6(2-4-7)5-13-9(17)8-14-10(12)16-15-8/h1-4H,5H2,(H,13,17)(H3,12,14,15,16). The predicted molar refractivity (Wildman–Crippen MR) is 63.4 cm³/mol. The van der Waals surface area contributed by atoms with Gasteiger partial charge in [0, 0.05) is 11.6 Å². The first kappa shape index (κ1) is 11.4. The number of nitrogens with two attached hydrogens (primary N) is 1. The maximum absolute atomic E-state index is 11.6. The summed E-state index contributed by atoms with van der Waals surface area (Å²) < 4.78 is 0. The molecule has 6 nitrogen and oxygen atoms in total. The molecular formula is C10H10ClN5O. The number of carbonyl (C=O) groups is 1. The summed E-state index contributed by atoms with van der Waals surface area (Å²) in [6, 6.07) is 7.18. The van der Waals surface area contributed by atoms with Crippen LogP contribution in [0.1, 0.15) is 16.2 Å². The molecule has 17 heavy (non-hydrogen) atoms. The lowest BCUT2D eigenvalue weighted by atomic mass is 10.2. The second-order valence-electron chi connectivity index (χ2n) is 3.35. The summed E-state index contributed by atoms with van der Waals surface area (Å²) in [6.45, 7) is 0.386.